The highest BCUT2D eigenvalue weighted by atomic mass is 16.4. The molecule has 0 aromatic heterocycles. The molecule has 5 heteroatoms. The lowest BCUT2D eigenvalue weighted by molar-refractivity contribution is -0.140. The quantitative estimate of drug-likeness (QED) is 0.746. The van der Waals surface area contributed by atoms with Crippen molar-refractivity contribution in [2.24, 2.45) is 5.92 Å². The number of carbonyl (C=O) groups excluding carboxylic acids is 1. The number of carbonyl (C=O) groups is 2. The topological polar surface area (TPSA) is 69.6 Å². The van der Waals surface area contributed by atoms with Gasteiger partial charge in [-0.1, -0.05) is 20.3 Å². The molecule has 1 saturated heterocycles. The second-order valence-corrected chi connectivity index (χ2v) is 5.15. The van der Waals surface area contributed by atoms with Gasteiger partial charge in [0.15, 0.2) is 0 Å². The first-order chi connectivity index (χ1) is 8.54. The molecule has 1 rings (SSSR count). The molecule has 1 fully saturated rings. The van der Waals surface area contributed by atoms with Crippen molar-refractivity contribution in [3.8, 4) is 0 Å². The molecule has 0 aromatic carbocycles. The van der Waals surface area contributed by atoms with Crippen molar-refractivity contribution in [1.29, 1.82) is 0 Å². The van der Waals surface area contributed by atoms with Crippen LogP contribution < -0.4 is 5.32 Å². The van der Waals surface area contributed by atoms with Crippen molar-refractivity contribution in [1.82, 2.24) is 10.2 Å². The van der Waals surface area contributed by atoms with Crippen LogP contribution in [0, 0.1) is 5.92 Å². The van der Waals surface area contributed by atoms with Gasteiger partial charge in [-0.3, -0.25) is 14.9 Å². The molecule has 2 unspecified atom stereocenters. The average molecular weight is 256 g/mol. The number of hydrogen-bond donors (Lipinski definition) is 2. The second-order valence-electron chi connectivity index (χ2n) is 5.15. The lowest BCUT2D eigenvalue weighted by atomic mass is 10.0. The zero-order valence-corrected chi connectivity index (χ0v) is 11.3. The molecule has 1 aliphatic rings. The molecule has 0 bridgehead atoms. The lowest BCUT2D eigenvalue weighted by Gasteiger charge is -2.31. The lowest BCUT2D eigenvalue weighted by Crippen LogP contribution is -2.47. The van der Waals surface area contributed by atoms with Crippen LogP contribution in [-0.4, -0.2) is 47.6 Å². The standard InChI is InChI=1S/C13H24N2O3/c1-3-5-11(13(17)18)14-8-12(16)15-7-4-6-10(2)9-15/h10-11,14H,3-9H2,1-2H3,(H,17,18). The minimum atomic E-state index is -0.878. The van der Waals surface area contributed by atoms with Crippen molar-refractivity contribution in [2.45, 2.75) is 45.6 Å². The van der Waals surface area contributed by atoms with E-state index in [9.17, 15) is 9.59 Å². The third kappa shape index (κ3) is 4.64. The Labute approximate surface area is 109 Å². The molecule has 5 nitrogen and oxygen atoms in total. The van der Waals surface area contributed by atoms with E-state index >= 15 is 0 Å². The third-order valence-electron chi connectivity index (χ3n) is 3.38. The van der Waals surface area contributed by atoms with Gasteiger partial charge in [-0.25, -0.2) is 0 Å². The summed E-state index contributed by atoms with van der Waals surface area (Å²) >= 11 is 0. The van der Waals surface area contributed by atoms with E-state index < -0.39 is 12.0 Å². The van der Waals surface area contributed by atoms with Crippen LogP contribution in [0.4, 0.5) is 0 Å². The first-order valence-electron chi connectivity index (χ1n) is 6.78. The molecule has 2 N–H and O–H groups in total. The van der Waals surface area contributed by atoms with Gasteiger partial charge >= 0.3 is 5.97 Å². The summed E-state index contributed by atoms with van der Waals surface area (Å²) in [6, 6.07) is -0.610. The van der Waals surface area contributed by atoms with Gasteiger partial charge in [-0.2, -0.15) is 0 Å². The molecule has 1 heterocycles. The number of rotatable bonds is 6. The molecule has 0 aliphatic carbocycles. The smallest absolute Gasteiger partial charge is 0.320 e. The van der Waals surface area contributed by atoms with Gasteiger partial charge < -0.3 is 10.0 Å². The van der Waals surface area contributed by atoms with E-state index in [0.29, 0.717) is 12.3 Å². The highest BCUT2D eigenvalue weighted by Crippen LogP contribution is 2.15. The Balaban J connectivity index is 2.36. The van der Waals surface area contributed by atoms with Gasteiger partial charge in [0.2, 0.25) is 5.91 Å². The normalized spacial score (nSPS) is 21.7. The number of carboxylic acid groups (broad SMARTS) is 1. The fourth-order valence-electron chi connectivity index (χ4n) is 2.34. The first-order valence-corrected chi connectivity index (χ1v) is 6.78. The molecular formula is C13H24N2O3. The average Bonchev–Trinajstić information content (AvgIpc) is 2.33. The Morgan fingerprint density at radius 1 is 1.50 bits per heavy atom. The Bertz CT molecular complexity index is 294. The van der Waals surface area contributed by atoms with Crippen molar-refractivity contribution in [3.63, 3.8) is 0 Å². The van der Waals surface area contributed by atoms with Crippen LogP contribution in [0.15, 0.2) is 0 Å². The van der Waals surface area contributed by atoms with Gasteiger partial charge in [0.05, 0.1) is 6.54 Å². The summed E-state index contributed by atoms with van der Waals surface area (Å²) in [4.78, 5) is 24.7. The zero-order chi connectivity index (χ0) is 13.5. The predicted molar refractivity (Wildman–Crippen MR) is 69.3 cm³/mol. The fourth-order valence-corrected chi connectivity index (χ4v) is 2.34. The summed E-state index contributed by atoms with van der Waals surface area (Å²) < 4.78 is 0. The van der Waals surface area contributed by atoms with E-state index in [1.807, 2.05) is 11.8 Å². The maximum atomic E-state index is 11.9. The molecule has 18 heavy (non-hydrogen) atoms. The van der Waals surface area contributed by atoms with Gasteiger partial charge in [-0.15, -0.1) is 0 Å². The predicted octanol–water partition coefficient (Wildman–Crippen LogP) is 1.09. The van der Waals surface area contributed by atoms with Crippen LogP contribution in [0.3, 0.4) is 0 Å². The Morgan fingerprint density at radius 3 is 2.78 bits per heavy atom. The number of aliphatic carboxylic acids is 1. The Hall–Kier alpha value is -1.10. The third-order valence-corrected chi connectivity index (χ3v) is 3.38. The van der Waals surface area contributed by atoms with E-state index in [4.69, 9.17) is 5.11 Å². The number of amides is 1. The van der Waals surface area contributed by atoms with Crippen LogP contribution in [0.2, 0.25) is 0 Å². The summed E-state index contributed by atoms with van der Waals surface area (Å²) in [6.07, 6.45) is 3.56. The highest BCUT2D eigenvalue weighted by molar-refractivity contribution is 5.80. The molecule has 0 aromatic rings. The van der Waals surface area contributed by atoms with Gasteiger partial charge in [0.25, 0.3) is 0 Å². The minimum Gasteiger partial charge on any atom is -0.480 e. The molecular weight excluding hydrogens is 232 g/mol. The van der Waals surface area contributed by atoms with Crippen LogP contribution in [0.25, 0.3) is 0 Å². The Kier molecular flexibility index (Phi) is 6.12. The molecule has 1 amide bonds. The molecule has 1 aliphatic heterocycles. The van der Waals surface area contributed by atoms with E-state index in [1.165, 1.54) is 6.42 Å². The van der Waals surface area contributed by atoms with E-state index in [-0.39, 0.29) is 12.5 Å². The van der Waals surface area contributed by atoms with Gasteiger partial charge in [0.1, 0.15) is 6.04 Å². The maximum absolute atomic E-state index is 11.9. The van der Waals surface area contributed by atoms with Crippen molar-refractivity contribution in [3.05, 3.63) is 0 Å². The summed E-state index contributed by atoms with van der Waals surface area (Å²) in [5.74, 6) is -0.311. The van der Waals surface area contributed by atoms with E-state index in [2.05, 4.69) is 12.2 Å². The number of piperidine rings is 1. The van der Waals surface area contributed by atoms with Crippen LogP contribution in [-0.2, 0) is 9.59 Å². The van der Waals surface area contributed by atoms with Crippen molar-refractivity contribution >= 4 is 11.9 Å². The SMILES string of the molecule is CCCC(NCC(=O)N1CCCC(C)C1)C(=O)O. The monoisotopic (exact) mass is 256 g/mol. The number of nitrogens with one attached hydrogen (secondary N) is 1. The van der Waals surface area contributed by atoms with Crippen LogP contribution in [0.5, 0.6) is 0 Å². The molecule has 0 radical (unpaired) electrons. The van der Waals surface area contributed by atoms with Crippen molar-refractivity contribution in [2.75, 3.05) is 19.6 Å². The number of nitrogens with zero attached hydrogens (tertiary/aromatic N) is 1. The second kappa shape index (κ2) is 7.36. The minimum absolute atomic E-state index is 0.0175. The highest BCUT2D eigenvalue weighted by Gasteiger charge is 2.22. The summed E-state index contributed by atoms with van der Waals surface area (Å²) in [7, 11) is 0. The fraction of sp³-hybridized carbons (Fsp3) is 0.846. The maximum Gasteiger partial charge on any atom is 0.320 e. The van der Waals surface area contributed by atoms with Crippen LogP contribution >= 0.6 is 0 Å². The van der Waals surface area contributed by atoms with Crippen molar-refractivity contribution < 1.29 is 14.7 Å². The summed E-state index contributed by atoms with van der Waals surface area (Å²) in [6.45, 7) is 5.81. The molecule has 0 spiro atoms. The zero-order valence-electron chi connectivity index (χ0n) is 11.3. The van der Waals surface area contributed by atoms with E-state index in [1.54, 1.807) is 0 Å². The van der Waals surface area contributed by atoms with E-state index in [0.717, 1.165) is 25.9 Å². The molecule has 0 saturated carbocycles. The molecule has 104 valence electrons. The summed E-state index contributed by atoms with van der Waals surface area (Å²) in [5, 5.41) is 11.8. The number of hydrogen-bond acceptors (Lipinski definition) is 3. The van der Waals surface area contributed by atoms with Gasteiger partial charge in [-0.05, 0) is 25.2 Å². The first kappa shape index (κ1) is 15.0. The largest absolute Gasteiger partial charge is 0.480 e. The number of carboxylic acids is 1. The van der Waals surface area contributed by atoms with Gasteiger partial charge in [0, 0.05) is 13.1 Å². The number of likely N-dealkylation sites (tertiary alicyclic amines) is 1. The summed E-state index contributed by atoms with van der Waals surface area (Å²) in [5.41, 5.74) is 0. The Morgan fingerprint density at radius 2 is 2.22 bits per heavy atom. The van der Waals surface area contributed by atoms with Crippen LogP contribution in [0.1, 0.15) is 39.5 Å². The molecule has 2 atom stereocenters.